The molecule has 0 unspecified atom stereocenters. The summed E-state index contributed by atoms with van der Waals surface area (Å²) in [5, 5.41) is 0. The van der Waals surface area contributed by atoms with Crippen LogP contribution >= 0.6 is 0 Å². The maximum atomic E-state index is 11.4. The number of halogens is 1. The summed E-state index contributed by atoms with van der Waals surface area (Å²) in [6.45, 7) is 18.1. The van der Waals surface area contributed by atoms with Gasteiger partial charge >= 0.3 is 51.4 Å². The number of likely N-dealkylation sites (tertiary alicyclic amines) is 1. The Labute approximate surface area is 352 Å². The van der Waals surface area contributed by atoms with Crippen molar-refractivity contribution in [2.75, 3.05) is 53.5 Å². The Morgan fingerprint density at radius 2 is 1.24 bits per heavy atom. The molecule has 1 N–H and O–H groups in total. The predicted molar refractivity (Wildman–Crippen MR) is 194 cm³/mol. The van der Waals surface area contributed by atoms with E-state index in [4.69, 9.17) is 9.47 Å². The molecule has 1 fully saturated rings. The zero-order valence-corrected chi connectivity index (χ0v) is 36.7. The second-order valence-electron chi connectivity index (χ2n) is 13.2. The van der Waals surface area contributed by atoms with Crippen LogP contribution in [0.25, 0.3) is 0 Å². The van der Waals surface area contributed by atoms with Gasteiger partial charge in [-0.2, -0.15) is 0 Å². The van der Waals surface area contributed by atoms with E-state index in [9.17, 15) is 9.59 Å². The summed E-state index contributed by atoms with van der Waals surface area (Å²) in [4.78, 5) is 24.5. The monoisotopic (exact) mass is 772 g/mol. The largest absolute Gasteiger partial charge is 1.00 e. The SMILES string of the molecule is CCCC[N+](CCCC)(CCCC)CCCC.COc1cc2c(cc1OC)C(=O)CC2.O=CC1CCN(Cc2ccccc2)CC1.[Br-].[K+].[OH-]. The normalized spacial score (nSPS) is 14.0. The van der Waals surface area contributed by atoms with Crippen LogP contribution in [0.5, 0.6) is 11.5 Å². The van der Waals surface area contributed by atoms with Gasteiger partial charge in [-0.25, -0.2) is 0 Å². The number of nitrogens with zero attached hydrogens (tertiary/aromatic N) is 2. The van der Waals surface area contributed by atoms with Crippen molar-refractivity contribution in [3.63, 3.8) is 0 Å². The van der Waals surface area contributed by atoms with E-state index in [0.717, 1.165) is 56.3 Å². The first-order valence-corrected chi connectivity index (χ1v) is 18.2. The van der Waals surface area contributed by atoms with Gasteiger partial charge in [0.15, 0.2) is 17.3 Å². The van der Waals surface area contributed by atoms with Crippen LogP contribution in [-0.4, -0.2) is 80.4 Å². The van der Waals surface area contributed by atoms with Gasteiger partial charge in [0, 0.05) is 24.4 Å². The molecule has 1 heterocycles. The summed E-state index contributed by atoms with van der Waals surface area (Å²) >= 11 is 0. The number of aryl methyl sites for hydroxylation is 1. The van der Waals surface area contributed by atoms with Gasteiger partial charge in [-0.3, -0.25) is 9.69 Å². The van der Waals surface area contributed by atoms with E-state index in [1.165, 1.54) is 87.6 Å². The van der Waals surface area contributed by atoms with Crippen molar-refractivity contribution in [3.05, 3.63) is 59.2 Å². The first-order valence-electron chi connectivity index (χ1n) is 18.2. The fourth-order valence-corrected chi connectivity index (χ4v) is 6.50. The number of hydrogen-bond donors (Lipinski definition) is 0. The zero-order valence-electron chi connectivity index (χ0n) is 32.0. The van der Waals surface area contributed by atoms with Crippen LogP contribution in [-0.2, 0) is 17.8 Å². The molecule has 0 aromatic heterocycles. The molecule has 4 rings (SSSR count). The zero-order chi connectivity index (χ0) is 33.6. The van der Waals surface area contributed by atoms with Crippen LogP contribution in [0.1, 0.15) is 120 Å². The summed E-state index contributed by atoms with van der Waals surface area (Å²) < 4.78 is 11.7. The van der Waals surface area contributed by atoms with Gasteiger partial charge in [0.1, 0.15) is 6.29 Å². The number of benzene rings is 2. The third-order valence-corrected chi connectivity index (χ3v) is 9.55. The smallest absolute Gasteiger partial charge is 1.00 e. The number of aldehydes is 1. The molecule has 1 aliphatic heterocycles. The number of piperidine rings is 1. The second-order valence-corrected chi connectivity index (χ2v) is 13.2. The Morgan fingerprint density at radius 3 is 1.67 bits per heavy atom. The minimum absolute atomic E-state index is 0. The maximum Gasteiger partial charge on any atom is 1.00 e. The second kappa shape index (κ2) is 29.9. The van der Waals surface area contributed by atoms with Gasteiger partial charge in [-0.05, 0) is 81.3 Å². The molecule has 0 radical (unpaired) electrons. The summed E-state index contributed by atoms with van der Waals surface area (Å²) in [7, 11) is 3.17. The fourth-order valence-electron chi connectivity index (χ4n) is 6.50. The number of carbonyl (C=O) groups excluding carboxylic acids is 2. The average Bonchev–Trinajstić information content (AvgIpc) is 3.47. The first kappa shape index (κ1) is 50.5. The molecule has 1 saturated heterocycles. The summed E-state index contributed by atoms with van der Waals surface area (Å²) in [5.41, 5.74) is 3.21. The Morgan fingerprint density at radius 1 is 0.776 bits per heavy atom. The van der Waals surface area contributed by atoms with Gasteiger partial charge in [-0.15, -0.1) is 0 Å². The number of quaternary nitrogens is 1. The molecule has 0 amide bonds. The maximum absolute atomic E-state index is 11.4. The summed E-state index contributed by atoms with van der Waals surface area (Å²) in [6.07, 6.45) is 15.6. The van der Waals surface area contributed by atoms with Crippen LogP contribution in [0.2, 0.25) is 0 Å². The number of hydrogen-bond acceptors (Lipinski definition) is 6. The molecule has 2 aromatic carbocycles. The van der Waals surface area contributed by atoms with Crippen LogP contribution in [0.15, 0.2) is 42.5 Å². The van der Waals surface area contributed by atoms with E-state index < -0.39 is 0 Å². The van der Waals surface area contributed by atoms with E-state index in [2.05, 4.69) is 56.9 Å². The number of rotatable bonds is 17. The van der Waals surface area contributed by atoms with Gasteiger partial charge in [0.05, 0.1) is 40.4 Å². The number of ketones is 1. The molecule has 2 aliphatic rings. The number of ether oxygens (including phenoxy) is 2. The average molecular weight is 774 g/mol. The first-order chi connectivity index (χ1) is 22.4. The van der Waals surface area contributed by atoms with Crippen LogP contribution in [0.4, 0.5) is 0 Å². The van der Waals surface area contributed by atoms with Gasteiger partial charge in [0.25, 0.3) is 0 Å². The summed E-state index contributed by atoms with van der Waals surface area (Å²) in [6, 6.07) is 14.2. The number of unbranched alkanes of at least 4 members (excludes halogenated alkanes) is 4. The fraction of sp³-hybridized carbons (Fsp3) is 0.650. The predicted octanol–water partition coefficient (Wildman–Crippen LogP) is 2.77. The van der Waals surface area contributed by atoms with E-state index in [1.54, 1.807) is 20.3 Å². The van der Waals surface area contributed by atoms with E-state index in [0.29, 0.717) is 23.8 Å². The number of fused-ring (bicyclic) bond motifs is 1. The number of carbonyl (C=O) groups is 2. The van der Waals surface area contributed by atoms with Crippen molar-refractivity contribution < 1.29 is 97.4 Å². The molecule has 1 aliphatic carbocycles. The van der Waals surface area contributed by atoms with Crippen LogP contribution < -0.4 is 77.8 Å². The van der Waals surface area contributed by atoms with Crippen molar-refractivity contribution in [1.82, 2.24) is 4.90 Å². The Balaban J connectivity index is 0. The van der Waals surface area contributed by atoms with Crippen molar-refractivity contribution in [3.8, 4) is 11.5 Å². The topological polar surface area (TPSA) is 85.8 Å². The molecule has 0 saturated carbocycles. The molecule has 0 bridgehead atoms. The van der Waals surface area contributed by atoms with Crippen LogP contribution in [0.3, 0.4) is 0 Å². The molecular weight excluding hydrogens is 707 g/mol. The molecule has 49 heavy (non-hydrogen) atoms. The van der Waals surface area contributed by atoms with E-state index >= 15 is 0 Å². The quantitative estimate of drug-likeness (QED) is 0.140. The third kappa shape index (κ3) is 18.6. The Bertz CT molecular complexity index is 1090. The van der Waals surface area contributed by atoms with Crippen LogP contribution in [0, 0.1) is 5.92 Å². The Hall–Kier alpha value is -0.624. The van der Waals surface area contributed by atoms with Gasteiger partial charge in [-0.1, -0.05) is 83.7 Å². The van der Waals surface area contributed by atoms with Gasteiger partial charge in [0.2, 0.25) is 0 Å². The van der Waals surface area contributed by atoms with Gasteiger partial charge < -0.3 is 41.2 Å². The summed E-state index contributed by atoms with van der Waals surface area (Å²) in [5.74, 6) is 1.82. The molecule has 9 heteroatoms. The standard InChI is InChI=1S/C16H36N.C13H17NO.C11H12O3.BrH.K.H2O/c1-5-9-13-17(14-10-6-2,15-11-7-3)16-12-8-4;15-11-13-6-8-14(9-7-13)10-12-4-2-1-3-5-12;1-13-10-5-7-3-4-9(12)8(7)6-11(10)14-2;;;/h5-16H2,1-4H3;1-5,11,13H,6-10H2;5-6H,3-4H2,1-2H3;1H;;1H2/q+1;;;;+1;/p-2. The van der Waals surface area contributed by atoms with E-state index in [1.807, 2.05) is 12.1 Å². The minimum Gasteiger partial charge on any atom is -1.00 e. The minimum atomic E-state index is 0. The molecule has 0 atom stereocenters. The molecular formula is C40H66BrKN2O5. The Kier molecular flexibility index (Phi) is 30.8. The molecule has 0 spiro atoms. The number of Topliss-reactive ketones (excluding diaryl/α,β-unsaturated/α-hetero) is 1. The van der Waals surface area contributed by atoms with E-state index in [-0.39, 0.29) is 79.6 Å². The number of methoxy groups -OCH3 is 2. The third-order valence-electron chi connectivity index (χ3n) is 9.55. The van der Waals surface area contributed by atoms with Crippen molar-refractivity contribution in [2.24, 2.45) is 5.92 Å². The van der Waals surface area contributed by atoms with Crippen molar-refractivity contribution in [2.45, 2.75) is 111 Å². The molecule has 7 nitrogen and oxygen atoms in total. The van der Waals surface area contributed by atoms with Crippen molar-refractivity contribution in [1.29, 1.82) is 0 Å². The van der Waals surface area contributed by atoms with Crippen molar-refractivity contribution >= 4 is 12.1 Å². The molecule has 2 aromatic rings. The molecule has 274 valence electrons.